The van der Waals surface area contributed by atoms with Gasteiger partial charge in [-0.05, 0) is 22.0 Å². The van der Waals surface area contributed by atoms with E-state index < -0.39 is 10.0 Å². The molecule has 19 heavy (non-hydrogen) atoms. The Labute approximate surface area is 128 Å². The van der Waals surface area contributed by atoms with E-state index in [4.69, 9.17) is 5.73 Å². The number of sulfonamides is 1. The second-order valence-electron chi connectivity index (χ2n) is 3.68. The van der Waals surface area contributed by atoms with E-state index in [1.807, 2.05) is 5.38 Å². The normalized spacial score (nSPS) is 11.9. The minimum atomic E-state index is -3.50. The van der Waals surface area contributed by atoms with Crippen molar-refractivity contribution in [1.82, 2.24) is 9.71 Å². The average Bonchev–Trinajstić information content (AvgIpc) is 2.98. The largest absolute Gasteiger partial charge is 0.326 e. The number of nitrogens with one attached hydrogen (secondary N) is 1. The van der Waals surface area contributed by atoms with Crippen molar-refractivity contribution in [1.29, 1.82) is 0 Å². The van der Waals surface area contributed by atoms with Crippen LogP contribution in [0.3, 0.4) is 0 Å². The Bertz CT molecular complexity index is 637. The summed E-state index contributed by atoms with van der Waals surface area (Å²) in [5.74, 6) is 0. The highest BCUT2D eigenvalue weighted by Gasteiger charge is 2.20. The van der Waals surface area contributed by atoms with Gasteiger partial charge in [-0.25, -0.2) is 18.1 Å². The summed E-state index contributed by atoms with van der Waals surface area (Å²) < 4.78 is 27.4. The number of aromatic nitrogens is 1. The van der Waals surface area contributed by atoms with Crippen molar-refractivity contribution in [2.75, 3.05) is 6.54 Å². The highest BCUT2D eigenvalue weighted by molar-refractivity contribution is 9.11. The van der Waals surface area contributed by atoms with Crippen LogP contribution in [-0.4, -0.2) is 19.9 Å². The van der Waals surface area contributed by atoms with E-state index in [1.54, 1.807) is 11.6 Å². The van der Waals surface area contributed by atoms with E-state index in [2.05, 4.69) is 25.6 Å². The van der Waals surface area contributed by atoms with E-state index in [9.17, 15) is 8.42 Å². The minimum Gasteiger partial charge on any atom is -0.326 e. The molecule has 0 aliphatic heterocycles. The first-order chi connectivity index (χ1) is 9.03. The molecule has 0 bridgehead atoms. The van der Waals surface area contributed by atoms with Crippen LogP contribution in [0.2, 0.25) is 0 Å². The number of hydrogen-bond donors (Lipinski definition) is 2. The van der Waals surface area contributed by atoms with Crippen LogP contribution in [0, 0.1) is 0 Å². The predicted molar refractivity (Wildman–Crippen MR) is 80.9 cm³/mol. The molecule has 0 aromatic carbocycles. The van der Waals surface area contributed by atoms with E-state index >= 15 is 0 Å². The van der Waals surface area contributed by atoms with E-state index in [-0.39, 0.29) is 4.90 Å². The molecule has 3 N–H and O–H groups in total. The van der Waals surface area contributed by atoms with Crippen molar-refractivity contribution >= 4 is 48.6 Å². The number of thiazole rings is 1. The maximum atomic E-state index is 12.1. The van der Waals surface area contributed by atoms with Crippen LogP contribution in [-0.2, 0) is 23.0 Å². The minimum absolute atomic E-state index is 0.247. The fourth-order valence-corrected chi connectivity index (χ4v) is 5.62. The lowest BCUT2D eigenvalue weighted by Crippen LogP contribution is -2.26. The van der Waals surface area contributed by atoms with Crippen molar-refractivity contribution < 1.29 is 8.42 Å². The molecule has 0 spiro atoms. The van der Waals surface area contributed by atoms with Gasteiger partial charge in [0.25, 0.3) is 0 Å². The molecule has 0 atom stereocenters. The van der Waals surface area contributed by atoms with Gasteiger partial charge in [-0.2, -0.15) is 0 Å². The monoisotopic (exact) mass is 381 g/mol. The highest BCUT2D eigenvalue weighted by atomic mass is 79.9. The molecule has 0 saturated heterocycles. The molecule has 104 valence electrons. The molecule has 2 rings (SSSR count). The highest BCUT2D eigenvalue weighted by Crippen LogP contribution is 2.31. The van der Waals surface area contributed by atoms with E-state index in [0.29, 0.717) is 23.3 Å². The Hall–Kier alpha value is -0.320. The van der Waals surface area contributed by atoms with Crippen LogP contribution in [0.25, 0.3) is 0 Å². The third-order valence-electron chi connectivity index (χ3n) is 2.35. The van der Waals surface area contributed by atoms with Gasteiger partial charge in [0, 0.05) is 29.8 Å². The molecular weight excluding hydrogens is 370 g/mol. The molecule has 2 aromatic heterocycles. The molecule has 0 unspecified atom stereocenters. The summed E-state index contributed by atoms with van der Waals surface area (Å²) in [5.41, 5.74) is 8.12. The first kappa shape index (κ1) is 15.1. The summed E-state index contributed by atoms with van der Waals surface area (Å²) in [6.07, 6.45) is 0.578. The SMILES string of the molecule is NCc1cc(S(=O)(=O)NCCc2cscn2)c(Br)s1. The second-order valence-corrected chi connectivity index (χ2v) is 8.59. The fraction of sp³-hybridized carbons (Fsp3) is 0.300. The Kier molecular flexibility index (Phi) is 5.09. The van der Waals surface area contributed by atoms with Crippen LogP contribution >= 0.6 is 38.6 Å². The number of thiophene rings is 1. The lowest BCUT2D eigenvalue weighted by Gasteiger charge is -2.04. The summed E-state index contributed by atoms with van der Waals surface area (Å²) in [4.78, 5) is 5.18. The first-order valence-corrected chi connectivity index (χ1v) is 9.41. The molecule has 0 amide bonds. The van der Waals surface area contributed by atoms with E-state index in [0.717, 1.165) is 10.6 Å². The molecule has 0 fully saturated rings. The Morgan fingerprint density at radius 3 is 2.84 bits per heavy atom. The molecule has 0 aliphatic rings. The molecule has 2 aromatic rings. The fourth-order valence-electron chi connectivity index (χ4n) is 1.43. The smallest absolute Gasteiger partial charge is 0.242 e. The number of hydrogen-bond acceptors (Lipinski definition) is 6. The topological polar surface area (TPSA) is 85.1 Å². The number of nitrogens with two attached hydrogens (primary N) is 1. The van der Waals surface area contributed by atoms with Crippen LogP contribution in [0.5, 0.6) is 0 Å². The molecule has 0 aliphatic carbocycles. The van der Waals surface area contributed by atoms with Gasteiger partial charge >= 0.3 is 0 Å². The molecule has 9 heteroatoms. The van der Waals surface area contributed by atoms with Crippen molar-refractivity contribution in [3.05, 3.63) is 31.3 Å². The Morgan fingerprint density at radius 2 is 2.26 bits per heavy atom. The lowest BCUT2D eigenvalue weighted by atomic mass is 10.3. The summed E-state index contributed by atoms with van der Waals surface area (Å²) in [6.45, 7) is 0.657. The van der Waals surface area contributed by atoms with Gasteiger partial charge in [-0.3, -0.25) is 0 Å². The Morgan fingerprint density at radius 1 is 1.47 bits per heavy atom. The first-order valence-electron chi connectivity index (χ1n) is 5.38. The van der Waals surface area contributed by atoms with Gasteiger partial charge in [0.1, 0.15) is 4.90 Å². The standard InChI is InChI=1S/C10H12BrN3O2S3/c11-10-9(3-8(4-12)18-10)19(15,16)14-2-1-7-5-17-6-13-7/h3,5-6,14H,1-2,4,12H2. The average molecular weight is 382 g/mol. The van der Waals surface area contributed by atoms with Gasteiger partial charge in [-0.15, -0.1) is 22.7 Å². The maximum absolute atomic E-state index is 12.1. The Balaban J connectivity index is 2.03. The number of rotatable bonds is 6. The van der Waals surface area contributed by atoms with Gasteiger partial charge in [-0.1, -0.05) is 0 Å². The number of nitrogens with zero attached hydrogens (tertiary/aromatic N) is 1. The van der Waals surface area contributed by atoms with Crippen molar-refractivity contribution in [3.63, 3.8) is 0 Å². The summed E-state index contributed by atoms with van der Waals surface area (Å²) >= 11 is 6.09. The molecule has 0 saturated carbocycles. The van der Waals surface area contributed by atoms with Crippen LogP contribution < -0.4 is 10.5 Å². The number of halogens is 1. The van der Waals surface area contributed by atoms with Gasteiger partial charge in [0.05, 0.1) is 15.0 Å². The third kappa shape index (κ3) is 3.83. The van der Waals surface area contributed by atoms with Crippen LogP contribution in [0.15, 0.2) is 25.6 Å². The summed E-state index contributed by atoms with van der Waals surface area (Å²) in [7, 11) is -3.50. The van der Waals surface area contributed by atoms with Crippen molar-refractivity contribution in [2.24, 2.45) is 5.73 Å². The third-order valence-corrected chi connectivity index (χ3v) is 6.72. The second kappa shape index (κ2) is 6.42. The van der Waals surface area contributed by atoms with Crippen LogP contribution in [0.4, 0.5) is 0 Å². The zero-order chi connectivity index (χ0) is 13.9. The predicted octanol–water partition coefficient (Wildman–Crippen LogP) is 1.95. The zero-order valence-corrected chi connectivity index (χ0v) is 13.8. The van der Waals surface area contributed by atoms with Crippen molar-refractivity contribution in [2.45, 2.75) is 17.9 Å². The lowest BCUT2D eigenvalue weighted by molar-refractivity contribution is 0.581. The summed E-state index contributed by atoms with van der Waals surface area (Å²) in [6, 6.07) is 1.60. The molecule has 5 nitrogen and oxygen atoms in total. The quantitative estimate of drug-likeness (QED) is 0.800. The maximum Gasteiger partial charge on any atom is 0.242 e. The molecular formula is C10H12BrN3O2S3. The zero-order valence-electron chi connectivity index (χ0n) is 9.80. The van der Waals surface area contributed by atoms with E-state index in [1.165, 1.54) is 22.7 Å². The van der Waals surface area contributed by atoms with Crippen molar-refractivity contribution in [3.8, 4) is 0 Å². The van der Waals surface area contributed by atoms with Gasteiger partial charge < -0.3 is 5.73 Å². The molecule has 2 heterocycles. The summed E-state index contributed by atoms with van der Waals surface area (Å²) in [5, 5.41) is 1.90. The molecule has 0 radical (unpaired) electrons. The van der Waals surface area contributed by atoms with Crippen LogP contribution in [0.1, 0.15) is 10.6 Å². The van der Waals surface area contributed by atoms with Gasteiger partial charge in [0.2, 0.25) is 10.0 Å². The van der Waals surface area contributed by atoms with Gasteiger partial charge in [0.15, 0.2) is 0 Å².